The summed E-state index contributed by atoms with van der Waals surface area (Å²) in [6.07, 6.45) is 4.69. The van der Waals surface area contributed by atoms with Crippen LogP contribution in [0.25, 0.3) is 10.4 Å². The largest absolute Gasteiger partial charge is 0.497 e. The van der Waals surface area contributed by atoms with Crippen LogP contribution in [-0.4, -0.2) is 23.6 Å². The van der Waals surface area contributed by atoms with E-state index in [2.05, 4.69) is 27.4 Å². The van der Waals surface area contributed by atoms with Gasteiger partial charge in [0.2, 0.25) is 0 Å². The fourth-order valence-electron chi connectivity index (χ4n) is 2.24. The first kappa shape index (κ1) is 15.6. The highest BCUT2D eigenvalue weighted by Gasteiger charge is 2.05. The minimum atomic E-state index is 0.785. The van der Waals surface area contributed by atoms with Crippen molar-refractivity contribution in [2.24, 2.45) is 0 Å². The Labute approximate surface area is 140 Å². The van der Waals surface area contributed by atoms with Crippen LogP contribution in [0, 0.1) is 0 Å². The molecule has 118 valence electrons. The van der Waals surface area contributed by atoms with Crippen molar-refractivity contribution in [1.82, 2.24) is 15.3 Å². The Kier molecular flexibility index (Phi) is 5.34. The van der Waals surface area contributed by atoms with E-state index in [0.29, 0.717) is 0 Å². The smallest absolute Gasteiger partial charge is 0.118 e. The van der Waals surface area contributed by atoms with E-state index in [4.69, 9.17) is 4.74 Å². The van der Waals surface area contributed by atoms with E-state index in [1.165, 1.54) is 10.4 Å². The van der Waals surface area contributed by atoms with Gasteiger partial charge in [0.05, 0.1) is 12.0 Å². The number of benzene rings is 1. The second-order valence-electron chi connectivity index (χ2n) is 5.09. The molecule has 0 amide bonds. The van der Waals surface area contributed by atoms with Gasteiger partial charge >= 0.3 is 0 Å². The molecule has 0 saturated carbocycles. The molecular formula is C18H19N3OS. The molecule has 1 aromatic carbocycles. The number of nitrogens with zero attached hydrogens (tertiary/aromatic N) is 2. The van der Waals surface area contributed by atoms with Gasteiger partial charge in [-0.1, -0.05) is 6.07 Å². The number of methoxy groups -OCH3 is 1. The molecule has 3 rings (SSSR count). The topological polar surface area (TPSA) is 47.0 Å². The highest BCUT2D eigenvalue weighted by atomic mass is 32.1. The molecule has 4 nitrogen and oxygen atoms in total. The van der Waals surface area contributed by atoms with Crippen molar-refractivity contribution in [3.8, 4) is 16.2 Å². The maximum Gasteiger partial charge on any atom is 0.118 e. The summed E-state index contributed by atoms with van der Waals surface area (Å²) >= 11 is 1.72. The lowest BCUT2D eigenvalue weighted by atomic mass is 10.2. The summed E-state index contributed by atoms with van der Waals surface area (Å²) in [6, 6.07) is 14.1. The van der Waals surface area contributed by atoms with Crippen LogP contribution < -0.4 is 10.1 Å². The molecule has 2 aromatic heterocycles. The summed E-state index contributed by atoms with van der Waals surface area (Å²) in [5, 5.41) is 4.52. The number of thiazole rings is 1. The monoisotopic (exact) mass is 325 g/mol. The van der Waals surface area contributed by atoms with Gasteiger partial charge in [0, 0.05) is 37.6 Å². The van der Waals surface area contributed by atoms with Crippen molar-refractivity contribution >= 4 is 11.3 Å². The Morgan fingerprint density at radius 1 is 1.09 bits per heavy atom. The van der Waals surface area contributed by atoms with Crippen LogP contribution in [0.3, 0.4) is 0 Å². The predicted octanol–water partition coefficient (Wildman–Crippen LogP) is 3.55. The summed E-state index contributed by atoms with van der Waals surface area (Å²) in [5.74, 6) is 0.870. The van der Waals surface area contributed by atoms with Crippen molar-refractivity contribution in [2.75, 3.05) is 13.7 Å². The molecule has 23 heavy (non-hydrogen) atoms. The minimum absolute atomic E-state index is 0.785. The summed E-state index contributed by atoms with van der Waals surface area (Å²) < 4.78 is 5.18. The van der Waals surface area contributed by atoms with Crippen LogP contribution in [0.1, 0.15) is 10.7 Å². The average Bonchev–Trinajstić information content (AvgIpc) is 3.09. The van der Waals surface area contributed by atoms with E-state index in [-0.39, 0.29) is 0 Å². The lowest BCUT2D eigenvalue weighted by Gasteiger charge is -2.02. The number of nitrogens with one attached hydrogen (secondary N) is 1. The highest BCUT2D eigenvalue weighted by Crippen LogP contribution is 2.27. The molecule has 0 aliphatic rings. The molecule has 0 fully saturated rings. The van der Waals surface area contributed by atoms with Crippen molar-refractivity contribution in [3.63, 3.8) is 0 Å². The summed E-state index contributed by atoms with van der Waals surface area (Å²) in [4.78, 5) is 9.98. The molecule has 5 heteroatoms. The van der Waals surface area contributed by atoms with Crippen LogP contribution in [0.5, 0.6) is 5.75 Å². The fraction of sp³-hybridized carbons (Fsp3) is 0.222. The maximum absolute atomic E-state index is 5.18. The van der Waals surface area contributed by atoms with Crippen molar-refractivity contribution in [3.05, 3.63) is 65.6 Å². The Morgan fingerprint density at radius 2 is 1.96 bits per heavy atom. The minimum Gasteiger partial charge on any atom is -0.497 e. The molecule has 0 radical (unpaired) electrons. The Balaban J connectivity index is 1.51. The standard InChI is InChI=1S/C18H19N3OS/c1-22-16-7-5-14(6-8-16)17-12-21-18(23-17)13-19-11-9-15-4-2-3-10-20-15/h2-8,10,12,19H,9,11,13H2,1H3. The van der Waals surface area contributed by atoms with Gasteiger partial charge in [-0.05, 0) is 42.0 Å². The maximum atomic E-state index is 5.18. The molecule has 0 spiro atoms. The number of hydrogen-bond donors (Lipinski definition) is 1. The van der Waals surface area contributed by atoms with Gasteiger partial charge in [0.15, 0.2) is 0 Å². The number of ether oxygens (including phenoxy) is 1. The van der Waals surface area contributed by atoms with Crippen molar-refractivity contribution in [2.45, 2.75) is 13.0 Å². The molecule has 2 heterocycles. The van der Waals surface area contributed by atoms with Crippen molar-refractivity contribution < 1.29 is 4.74 Å². The van der Waals surface area contributed by atoms with E-state index < -0.39 is 0 Å². The quantitative estimate of drug-likeness (QED) is 0.675. The SMILES string of the molecule is COc1ccc(-c2cnc(CNCCc3ccccn3)s2)cc1. The van der Waals surface area contributed by atoms with Gasteiger partial charge < -0.3 is 10.1 Å². The summed E-state index contributed by atoms with van der Waals surface area (Å²) in [5.41, 5.74) is 2.28. The zero-order valence-corrected chi connectivity index (χ0v) is 13.8. The third kappa shape index (κ3) is 4.37. The third-order valence-corrected chi connectivity index (χ3v) is 4.53. The highest BCUT2D eigenvalue weighted by molar-refractivity contribution is 7.15. The van der Waals surface area contributed by atoms with Crippen LogP contribution >= 0.6 is 11.3 Å². The van der Waals surface area contributed by atoms with Gasteiger partial charge in [-0.25, -0.2) is 4.98 Å². The van der Waals surface area contributed by atoms with Gasteiger partial charge in [0.1, 0.15) is 10.8 Å². The molecule has 0 saturated heterocycles. The average molecular weight is 325 g/mol. The molecule has 1 N–H and O–H groups in total. The molecule has 0 atom stereocenters. The van der Waals surface area contributed by atoms with Crippen LogP contribution in [0.15, 0.2) is 54.9 Å². The first-order valence-corrected chi connectivity index (χ1v) is 8.36. The third-order valence-electron chi connectivity index (χ3n) is 3.49. The van der Waals surface area contributed by atoms with Gasteiger partial charge in [0.25, 0.3) is 0 Å². The van der Waals surface area contributed by atoms with Crippen LogP contribution in [0.2, 0.25) is 0 Å². The Bertz CT molecular complexity index is 726. The first-order valence-electron chi connectivity index (χ1n) is 7.55. The van der Waals surface area contributed by atoms with E-state index in [9.17, 15) is 0 Å². The number of hydrogen-bond acceptors (Lipinski definition) is 5. The molecule has 3 aromatic rings. The number of aromatic nitrogens is 2. The zero-order chi connectivity index (χ0) is 15.9. The zero-order valence-electron chi connectivity index (χ0n) is 13.0. The lowest BCUT2D eigenvalue weighted by molar-refractivity contribution is 0.415. The predicted molar refractivity (Wildman–Crippen MR) is 93.7 cm³/mol. The summed E-state index contributed by atoms with van der Waals surface area (Å²) in [6.45, 7) is 1.68. The van der Waals surface area contributed by atoms with Gasteiger partial charge in [-0.3, -0.25) is 4.98 Å². The molecule has 0 unspecified atom stereocenters. The summed E-state index contributed by atoms with van der Waals surface area (Å²) in [7, 11) is 1.68. The number of pyridine rings is 1. The fourth-order valence-corrected chi connectivity index (χ4v) is 3.13. The second kappa shape index (κ2) is 7.85. The lowest BCUT2D eigenvalue weighted by Crippen LogP contribution is -2.16. The van der Waals surface area contributed by atoms with E-state index in [0.717, 1.165) is 36.0 Å². The molecule has 0 aliphatic heterocycles. The molecule has 0 bridgehead atoms. The van der Waals surface area contributed by atoms with E-state index >= 15 is 0 Å². The van der Waals surface area contributed by atoms with E-state index in [1.54, 1.807) is 18.4 Å². The van der Waals surface area contributed by atoms with Gasteiger partial charge in [-0.15, -0.1) is 11.3 Å². The first-order chi connectivity index (χ1) is 11.3. The van der Waals surface area contributed by atoms with Crippen molar-refractivity contribution in [1.29, 1.82) is 0 Å². The Hall–Kier alpha value is -2.24. The molecular weight excluding hydrogens is 306 g/mol. The second-order valence-corrected chi connectivity index (χ2v) is 6.21. The van der Waals surface area contributed by atoms with Crippen LogP contribution in [-0.2, 0) is 13.0 Å². The normalized spacial score (nSPS) is 10.7. The molecule has 0 aliphatic carbocycles. The van der Waals surface area contributed by atoms with E-state index in [1.807, 2.05) is 42.7 Å². The number of rotatable bonds is 7. The van der Waals surface area contributed by atoms with Gasteiger partial charge in [-0.2, -0.15) is 0 Å². The Morgan fingerprint density at radius 3 is 2.70 bits per heavy atom. The van der Waals surface area contributed by atoms with Crippen LogP contribution in [0.4, 0.5) is 0 Å².